The van der Waals surface area contributed by atoms with Gasteiger partial charge in [0.2, 0.25) is 0 Å². The van der Waals surface area contributed by atoms with E-state index >= 15 is 0 Å². The number of hydrogen-bond acceptors (Lipinski definition) is 3. The number of nitrogens with one attached hydrogen (secondary N) is 1. The molecule has 0 saturated heterocycles. The molecular formula is C11H23NNa2O2. The van der Waals surface area contributed by atoms with Crippen LogP contribution in [0.5, 0.6) is 0 Å². The van der Waals surface area contributed by atoms with Crippen molar-refractivity contribution in [2.75, 3.05) is 6.61 Å². The van der Waals surface area contributed by atoms with Gasteiger partial charge >= 0.3 is 65.1 Å². The number of carbonyl (C=O) groups is 1. The Hall–Kier alpha value is 1.14. The standard InChI is InChI=1S/C11H21NO2.2Na.2H/c1-3-5-6-10(4-2)9-14-11(13)7-8-12;;;;/h8,10,12H,3-7,9H2,1-2H3;;;;/q;2*+1;2*-1. The molecule has 0 aromatic carbocycles. The average Bonchev–Trinajstić information content (AvgIpc) is 2.19. The van der Waals surface area contributed by atoms with Gasteiger partial charge in [0.25, 0.3) is 0 Å². The van der Waals surface area contributed by atoms with Crippen molar-refractivity contribution in [3.8, 4) is 0 Å². The third kappa shape index (κ3) is 13.2. The van der Waals surface area contributed by atoms with E-state index in [0.29, 0.717) is 12.5 Å². The minimum atomic E-state index is -0.282. The molecule has 1 N–H and O–H groups in total. The molecule has 86 valence electrons. The molecule has 3 nitrogen and oxygen atoms in total. The number of rotatable bonds is 8. The summed E-state index contributed by atoms with van der Waals surface area (Å²) in [7, 11) is 0. The Labute approximate surface area is 146 Å². The molecule has 0 fully saturated rings. The van der Waals surface area contributed by atoms with E-state index in [1.807, 2.05) is 0 Å². The van der Waals surface area contributed by atoms with Gasteiger partial charge in [-0.15, -0.1) is 0 Å². The van der Waals surface area contributed by atoms with Crippen molar-refractivity contribution in [3.05, 3.63) is 0 Å². The quantitative estimate of drug-likeness (QED) is 0.283. The van der Waals surface area contributed by atoms with Crippen LogP contribution in [-0.2, 0) is 9.53 Å². The fourth-order valence-corrected chi connectivity index (χ4v) is 1.25. The van der Waals surface area contributed by atoms with Crippen LogP contribution in [0.4, 0.5) is 0 Å². The first-order valence-electron chi connectivity index (χ1n) is 5.39. The Morgan fingerprint density at radius 2 is 2.06 bits per heavy atom. The summed E-state index contributed by atoms with van der Waals surface area (Å²) in [5.74, 6) is 0.208. The number of carbonyl (C=O) groups excluding carboxylic acids is 1. The summed E-state index contributed by atoms with van der Waals surface area (Å²) in [4.78, 5) is 11.0. The van der Waals surface area contributed by atoms with Gasteiger partial charge in [0.1, 0.15) is 0 Å². The molecule has 0 amide bonds. The van der Waals surface area contributed by atoms with Gasteiger partial charge in [0.05, 0.1) is 13.0 Å². The first-order valence-corrected chi connectivity index (χ1v) is 5.39. The predicted molar refractivity (Wildman–Crippen MR) is 59.9 cm³/mol. The summed E-state index contributed by atoms with van der Waals surface area (Å²) in [5, 5.41) is 6.75. The van der Waals surface area contributed by atoms with Crippen LogP contribution < -0.4 is 59.1 Å². The second-order valence-electron chi connectivity index (χ2n) is 3.51. The summed E-state index contributed by atoms with van der Waals surface area (Å²) in [6, 6.07) is 0. The van der Waals surface area contributed by atoms with Gasteiger partial charge in [-0.05, 0) is 12.3 Å². The van der Waals surface area contributed by atoms with Gasteiger partial charge in [-0.3, -0.25) is 4.79 Å². The maximum absolute atomic E-state index is 11.0. The van der Waals surface area contributed by atoms with Crippen LogP contribution in [0.2, 0.25) is 0 Å². The zero-order valence-electron chi connectivity index (χ0n) is 13.2. The summed E-state index contributed by atoms with van der Waals surface area (Å²) >= 11 is 0. The smallest absolute Gasteiger partial charge is 1.00 e. The Morgan fingerprint density at radius 1 is 1.44 bits per heavy atom. The summed E-state index contributed by atoms with van der Waals surface area (Å²) in [5.41, 5.74) is 0. The number of esters is 1. The molecule has 16 heavy (non-hydrogen) atoms. The molecule has 1 atom stereocenters. The van der Waals surface area contributed by atoms with Crippen molar-refractivity contribution in [1.29, 1.82) is 5.41 Å². The average molecular weight is 247 g/mol. The van der Waals surface area contributed by atoms with Crippen LogP contribution in [0.25, 0.3) is 0 Å². The summed E-state index contributed by atoms with van der Waals surface area (Å²) in [6.45, 7) is 4.79. The fourth-order valence-electron chi connectivity index (χ4n) is 1.25. The van der Waals surface area contributed by atoms with Crippen LogP contribution in [0.15, 0.2) is 0 Å². The molecule has 0 aromatic heterocycles. The summed E-state index contributed by atoms with van der Waals surface area (Å²) in [6.07, 6.45) is 5.74. The Balaban J connectivity index is -0.000000141. The first kappa shape index (κ1) is 22.3. The minimum Gasteiger partial charge on any atom is -1.00 e. The van der Waals surface area contributed by atoms with Crippen LogP contribution in [0.1, 0.15) is 48.8 Å². The molecule has 0 aromatic rings. The van der Waals surface area contributed by atoms with Gasteiger partial charge in [0.15, 0.2) is 0 Å². The number of unbranched alkanes of at least 4 members (excludes halogenated alkanes) is 1. The van der Waals surface area contributed by atoms with Gasteiger partial charge in [-0.2, -0.15) is 0 Å². The van der Waals surface area contributed by atoms with Crippen LogP contribution in [0.3, 0.4) is 0 Å². The van der Waals surface area contributed by atoms with Gasteiger partial charge in [0, 0.05) is 6.21 Å². The SMILES string of the molecule is CCCCC(CC)COC(=O)CC=N.[H-].[H-].[Na+].[Na+]. The monoisotopic (exact) mass is 247 g/mol. The molecule has 0 aliphatic carbocycles. The van der Waals surface area contributed by atoms with Gasteiger partial charge in [-0.1, -0.05) is 33.1 Å². The van der Waals surface area contributed by atoms with E-state index in [4.69, 9.17) is 10.1 Å². The summed E-state index contributed by atoms with van der Waals surface area (Å²) < 4.78 is 5.04. The Bertz CT molecular complexity index is 186. The van der Waals surface area contributed by atoms with E-state index in [9.17, 15) is 4.79 Å². The normalized spacial score (nSPS) is 10.6. The zero-order chi connectivity index (χ0) is 10.8. The fraction of sp³-hybridized carbons (Fsp3) is 0.818. The van der Waals surface area contributed by atoms with Crippen molar-refractivity contribution in [2.45, 2.75) is 46.0 Å². The van der Waals surface area contributed by atoms with Crippen molar-refractivity contribution < 1.29 is 71.5 Å². The van der Waals surface area contributed by atoms with E-state index < -0.39 is 0 Å². The topological polar surface area (TPSA) is 50.2 Å². The van der Waals surface area contributed by atoms with Gasteiger partial charge < -0.3 is 13.0 Å². The van der Waals surface area contributed by atoms with E-state index in [1.54, 1.807) is 0 Å². The molecule has 5 heteroatoms. The molecule has 0 radical (unpaired) electrons. The van der Waals surface area contributed by atoms with E-state index in [0.717, 1.165) is 19.1 Å². The molecule has 0 rings (SSSR count). The molecule has 0 bridgehead atoms. The Morgan fingerprint density at radius 3 is 2.50 bits per heavy atom. The maximum atomic E-state index is 11.0. The van der Waals surface area contributed by atoms with Crippen molar-refractivity contribution in [1.82, 2.24) is 0 Å². The van der Waals surface area contributed by atoms with E-state index in [1.165, 1.54) is 12.8 Å². The van der Waals surface area contributed by atoms with Crippen molar-refractivity contribution >= 4 is 12.2 Å². The third-order valence-corrected chi connectivity index (χ3v) is 2.29. The van der Waals surface area contributed by atoms with Gasteiger partial charge in [-0.25, -0.2) is 0 Å². The predicted octanol–water partition coefficient (Wildman–Crippen LogP) is -2.98. The largest absolute Gasteiger partial charge is 1.00 e. The molecule has 0 heterocycles. The molecule has 0 aliphatic heterocycles. The molecule has 0 spiro atoms. The number of hydrogen-bond donors (Lipinski definition) is 1. The van der Waals surface area contributed by atoms with Crippen LogP contribution in [-0.4, -0.2) is 18.8 Å². The second-order valence-corrected chi connectivity index (χ2v) is 3.51. The minimum absolute atomic E-state index is 0. The molecular weight excluding hydrogens is 224 g/mol. The number of ether oxygens (including phenoxy) is 1. The maximum Gasteiger partial charge on any atom is 1.00 e. The van der Waals surface area contributed by atoms with E-state index in [-0.39, 0.29) is 74.4 Å². The van der Waals surface area contributed by atoms with Crippen molar-refractivity contribution in [2.24, 2.45) is 5.92 Å². The zero-order valence-corrected chi connectivity index (χ0v) is 15.2. The third-order valence-electron chi connectivity index (χ3n) is 2.29. The van der Waals surface area contributed by atoms with Crippen LogP contribution in [0, 0.1) is 11.3 Å². The second kappa shape index (κ2) is 16.1. The first-order chi connectivity index (χ1) is 6.74. The van der Waals surface area contributed by atoms with E-state index in [2.05, 4.69) is 13.8 Å². The van der Waals surface area contributed by atoms with Crippen LogP contribution >= 0.6 is 0 Å². The Kier molecular flexibility index (Phi) is 22.5. The molecule has 0 saturated carbocycles. The molecule has 0 aliphatic rings. The molecule has 1 unspecified atom stereocenters. The van der Waals surface area contributed by atoms with Crippen molar-refractivity contribution in [3.63, 3.8) is 0 Å².